The minimum absolute atomic E-state index is 0.0341. The Morgan fingerprint density at radius 2 is 1.86 bits per heavy atom. The topological polar surface area (TPSA) is 59.1 Å². The number of Topliss-reactive ketones (excluding diaryl/α,β-unsaturated/α-hetero) is 1. The van der Waals surface area contributed by atoms with Gasteiger partial charge < -0.3 is 14.4 Å². The van der Waals surface area contributed by atoms with E-state index in [1.54, 1.807) is 11.8 Å². The van der Waals surface area contributed by atoms with Crippen LogP contribution in [-0.4, -0.2) is 60.2 Å². The highest BCUT2D eigenvalue weighted by Crippen LogP contribution is 2.34. The Hall–Kier alpha value is -2.51. The van der Waals surface area contributed by atoms with E-state index in [2.05, 4.69) is 11.0 Å². The number of ketones is 1. The number of hydrogen-bond acceptors (Lipinski definition) is 6. The van der Waals surface area contributed by atoms with Gasteiger partial charge in [-0.25, -0.2) is 0 Å². The van der Waals surface area contributed by atoms with Crippen molar-refractivity contribution in [1.29, 1.82) is 0 Å². The monoisotopic (exact) mass is 410 g/mol. The van der Waals surface area contributed by atoms with Gasteiger partial charge in [-0.1, -0.05) is 18.2 Å². The van der Waals surface area contributed by atoms with Crippen molar-refractivity contribution in [1.82, 2.24) is 9.80 Å². The van der Waals surface area contributed by atoms with Crippen LogP contribution in [0.5, 0.6) is 11.5 Å². The van der Waals surface area contributed by atoms with Gasteiger partial charge in [-0.2, -0.15) is 0 Å². The van der Waals surface area contributed by atoms with Gasteiger partial charge in [0.25, 0.3) is 5.91 Å². The summed E-state index contributed by atoms with van der Waals surface area (Å²) >= 11 is 1.62. The van der Waals surface area contributed by atoms with E-state index in [9.17, 15) is 9.59 Å². The maximum atomic E-state index is 13.1. The molecule has 150 valence electrons. The molecule has 6 nitrogen and oxygen atoms in total. The molecule has 0 unspecified atom stereocenters. The Kier molecular flexibility index (Phi) is 4.93. The van der Waals surface area contributed by atoms with Gasteiger partial charge in [0.1, 0.15) is 0 Å². The number of rotatable bonds is 3. The van der Waals surface area contributed by atoms with Crippen molar-refractivity contribution < 1.29 is 19.1 Å². The number of carbonyl (C=O) groups is 2. The van der Waals surface area contributed by atoms with Crippen molar-refractivity contribution in [2.24, 2.45) is 0 Å². The molecule has 2 aromatic carbocycles. The quantitative estimate of drug-likeness (QED) is 0.775. The van der Waals surface area contributed by atoms with Crippen molar-refractivity contribution in [3.63, 3.8) is 0 Å². The van der Waals surface area contributed by atoms with Crippen LogP contribution in [0.4, 0.5) is 0 Å². The summed E-state index contributed by atoms with van der Waals surface area (Å²) in [6.45, 7) is 4.12. The van der Waals surface area contributed by atoms with E-state index in [0.717, 1.165) is 41.8 Å². The van der Waals surface area contributed by atoms with Crippen LogP contribution < -0.4 is 9.47 Å². The molecule has 2 aromatic rings. The first kappa shape index (κ1) is 18.5. The Bertz CT molecular complexity index is 969. The van der Waals surface area contributed by atoms with E-state index in [1.807, 2.05) is 35.2 Å². The Balaban J connectivity index is 1.24. The molecule has 5 rings (SSSR count). The lowest BCUT2D eigenvalue weighted by Crippen LogP contribution is -2.48. The maximum absolute atomic E-state index is 13.1. The standard InChI is InChI=1S/C22H22N2O4S/c25-18-6-11-29-21-16(18)2-1-3-17(21)22(26)24-9-7-23(8-10-24)13-15-4-5-19-20(12-15)28-14-27-19/h1-5,12H,6-11,13-14H2. The molecule has 0 radical (unpaired) electrons. The smallest absolute Gasteiger partial charge is 0.255 e. The minimum atomic E-state index is 0.0341. The lowest BCUT2D eigenvalue weighted by molar-refractivity contribution is 0.0625. The largest absolute Gasteiger partial charge is 0.454 e. The molecule has 0 N–H and O–H groups in total. The Labute approximate surface area is 173 Å². The molecular weight excluding hydrogens is 388 g/mol. The fourth-order valence-electron chi connectivity index (χ4n) is 4.04. The van der Waals surface area contributed by atoms with Crippen LogP contribution in [0.25, 0.3) is 0 Å². The number of carbonyl (C=O) groups excluding carboxylic acids is 2. The van der Waals surface area contributed by atoms with Crippen LogP contribution in [0.1, 0.15) is 32.7 Å². The van der Waals surface area contributed by atoms with Crippen molar-refractivity contribution in [3.8, 4) is 11.5 Å². The summed E-state index contributed by atoms with van der Waals surface area (Å²) in [6.07, 6.45) is 0.549. The zero-order chi connectivity index (χ0) is 19.8. The highest BCUT2D eigenvalue weighted by atomic mass is 32.2. The van der Waals surface area contributed by atoms with Crippen molar-refractivity contribution in [2.75, 3.05) is 38.7 Å². The maximum Gasteiger partial charge on any atom is 0.255 e. The van der Waals surface area contributed by atoms with Gasteiger partial charge in [-0.05, 0) is 23.8 Å². The van der Waals surface area contributed by atoms with Crippen LogP contribution in [0, 0.1) is 0 Å². The summed E-state index contributed by atoms with van der Waals surface area (Å²) in [5.41, 5.74) is 2.55. The molecule has 0 bridgehead atoms. The molecule has 1 fully saturated rings. The number of benzene rings is 2. The van der Waals surface area contributed by atoms with Gasteiger partial charge in [0.15, 0.2) is 17.3 Å². The van der Waals surface area contributed by atoms with E-state index in [1.165, 1.54) is 5.56 Å². The molecule has 7 heteroatoms. The van der Waals surface area contributed by atoms with Crippen LogP contribution in [0.3, 0.4) is 0 Å². The average Bonchev–Trinajstić information content (AvgIpc) is 3.22. The molecule has 3 aliphatic heterocycles. The summed E-state index contributed by atoms with van der Waals surface area (Å²) in [5, 5.41) is 0. The fourth-order valence-corrected chi connectivity index (χ4v) is 5.18. The number of nitrogens with zero attached hydrogens (tertiary/aromatic N) is 2. The SMILES string of the molecule is O=C1CCSc2c1cccc2C(=O)N1CCN(Cc2ccc3c(c2)OCO3)CC1. The molecule has 1 amide bonds. The van der Waals surface area contributed by atoms with Crippen molar-refractivity contribution >= 4 is 23.5 Å². The third-order valence-electron chi connectivity index (χ3n) is 5.62. The average molecular weight is 410 g/mol. The van der Waals surface area contributed by atoms with Crippen molar-refractivity contribution in [3.05, 3.63) is 53.1 Å². The predicted octanol–water partition coefficient (Wildman–Crippen LogP) is 3.05. The van der Waals surface area contributed by atoms with E-state index < -0.39 is 0 Å². The highest BCUT2D eigenvalue weighted by Gasteiger charge is 2.28. The first-order valence-electron chi connectivity index (χ1n) is 9.88. The second kappa shape index (κ2) is 7.72. The summed E-state index contributed by atoms with van der Waals surface area (Å²) in [6, 6.07) is 11.6. The highest BCUT2D eigenvalue weighted by molar-refractivity contribution is 7.99. The molecule has 1 saturated heterocycles. The molecular formula is C22H22N2O4S. The van der Waals surface area contributed by atoms with Gasteiger partial charge in [0.2, 0.25) is 6.79 Å². The zero-order valence-electron chi connectivity index (χ0n) is 16.1. The summed E-state index contributed by atoms with van der Waals surface area (Å²) < 4.78 is 10.8. The van der Waals surface area contributed by atoms with Gasteiger partial charge in [0, 0.05) is 55.4 Å². The van der Waals surface area contributed by atoms with Crippen LogP contribution in [0.2, 0.25) is 0 Å². The number of thioether (sulfide) groups is 1. The first-order chi connectivity index (χ1) is 14.2. The number of hydrogen-bond donors (Lipinski definition) is 0. The van der Waals surface area contributed by atoms with E-state index in [-0.39, 0.29) is 18.5 Å². The lowest BCUT2D eigenvalue weighted by Gasteiger charge is -2.35. The third kappa shape index (κ3) is 3.60. The van der Waals surface area contributed by atoms with Crippen LogP contribution in [-0.2, 0) is 6.54 Å². The fraction of sp³-hybridized carbons (Fsp3) is 0.364. The van der Waals surface area contributed by atoms with E-state index in [0.29, 0.717) is 30.6 Å². The lowest BCUT2D eigenvalue weighted by atomic mass is 10.0. The first-order valence-corrected chi connectivity index (χ1v) is 10.9. The van der Waals surface area contributed by atoms with Gasteiger partial charge in [-0.15, -0.1) is 11.8 Å². The molecule has 0 saturated carbocycles. The number of piperazine rings is 1. The molecule has 3 aliphatic rings. The van der Waals surface area contributed by atoms with Gasteiger partial charge >= 0.3 is 0 Å². The number of fused-ring (bicyclic) bond motifs is 2. The molecule has 0 spiro atoms. The number of ether oxygens (including phenoxy) is 2. The minimum Gasteiger partial charge on any atom is -0.454 e. The molecule has 0 aliphatic carbocycles. The number of amides is 1. The molecule has 3 heterocycles. The summed E-state index contributed by atoms with van der Waals surface area (Å²) in [7, 11) is 0. The van der Waals surface area contributed by atoms with Gasteiger partial charge in [0.05, 0.1) is 5.56 Å². The van der Waals surface area contributed by atoms with Gasteiger partial charge in [-0.3, -0.25) is 14.5 Å². The normalized spacial score (nSPS) is 18.6. The predicted molar refractivity (Wildman–Crippen MR) is 110 cm³/mol. The van der Waals surface area contributed by atoms with Crippen molar-refractivity contribution in [2.45, 2.75) is 17.9 Å². The zero-order valence-corrected chi connectivity index (χ0v) is 16.9. The molecule has 29 heavy (non-hydrogen) atoms. The van der Waals surface area contributed by atoms with E-state index >= 15 is 0 Å². The second-order valence-corrected chi connectivity index (χ2v) is 8.57. The van der Waals surface area contributed by atoms with E-state index in [4.69, 9.17) is 9.47 Å². The third-order valence-corrected chi connectivity index (χ3v) is 6.76. The molecule has 0 atom stereocenters. The second-order valence-electron chi connectivity index (χ2n) is 7.46. The van der Waals surface area contributed by atoms with Crippen LogP contribution >= 0.6 is 11.8 Å². The Morgan fingerprint density at radius 1 is 1.03 bits per heavy atom. The van der Waals surface area contributed by atoms with Crippen LogP contribution in [0.15, 0.2) is 41.3 Å². The summed E-state index contributed by atoms with van der Waals surface area (Å²) in [4.78, 5) is 30.4. The molecule has 0 aromatic heterocycles. The Morgan fingerprint density at radius 3 is 2.72 bits per heavy atom. The summed E-state index contributed by atoms with van der Waals surface area (Å²) in [5.74, 6) is 2.53.